The predicted octanol–water partition coefficient (Wildman–Crippen LogP) is 7.37. The van der Waals surface area contributed by atoms with Gasteiger partial charge in [-0.3, -0.25) is 0 Å². The molecule has 3 aromatic carbocycles. The third kappa shape index (κ3) is 9.61. The van der Waals surface area contributed by atoms with Crippen molar-refractivity contribution in [1.82, 2.24) is 0 Å². The summed E-state index contributed by atoms with van der Waals surface area (Å²) >= 11 is 0. The van der Waals surface area contributed by atoms with Crippen LogP contribution in [0.3, 0.4) is 0 Å². The zero-order chi connectivity index (χ0) is 32.8. The van der Waals surface area contributed by atoms with Crippen LogP contribution in [0, 0.1) is 0 Å². The average Bonchev–Trinajstić information content (AvgIpc) is 3.03. The van der Waals surface area contributed by atoms with E-state index in [9.17, 15) is 21.6 Å². The van der Waals surface area contributed by atoms with Crippen LogP contribution in [0.5, 0.6) is 17.2 Å². The first-order chi connectivity index (χ1) is 21.6. The highest BCUT2D eigenvalue weighted by atomic mass is 32.3. The topological polar surface area (TPSA) is 98.8 Å². The Kier molecular flexibility index (Phi) is 13.1. The summed E-state index contributed by atoms with van der Waals surface area (Å²) in [6, 6.07) is 17.8. The number of rotatable bonds is 20. The molecule has 0 spiro atoms. The van der Waals surface area contributed by atoms with Gasteiger partial charge in [-0.2, -0.15) is 25.2 Å². The molecule has 9 nitrogen and oxygen atoms in total. The molecule has 0 unspecified atom stereocenters. The lowest BCUT2D eigenvalue weighted by Gasteiger charge is -2.39. The van der Waals surface area contributed by atoms with E-state index in [1.165, 1.54) is 91.6 Å². The van der Waals surface area contributed by atoms with E-state index in [1.807, 2.05) is 0 Å². The van der Waals surface area contributed by atoms with Crippen molar-refractivity contribution in [3.8, 4) is 17.2 Å². The third-order valence-electron chi connectivity index (χ3n) is 5.71. The van der Waals surface area contributed by atoms with Gasteiger partial charge in [-0.15, -0.1) is 0 Å². The fourth-order valence-corrected chi connectivity index (χ4v) is 8.46. The van der Waals surface area contributed by atoms with Crippen molar-refractivity contribution >= 4 is 20.4 Å². The van der Waals surface area contributed by atoms with Gasteiger partial charge in [0.05, 0.1) is 18.8 Å². The summed E-state index contributed by atoms with van der Waals surface area (Å²) in [5.41, 5.74) is -5.71. The van der Waals surface area contributed by atoms with Gasteiger partial charge in [0.25, 0.3) is 0 Å². The van der Waals surface area contributed by atoms with Gasteiger partial charge in [-0.1, -0.05) is 19.7 Å². The first-order valence-electron chi connectivity index (χ1n) is 13.3. The number of halogens is 3. The van der Waals surface area contributed by atoms with Crippen LogP contribution in [-0.4, -0.2) is 53.6 Å². The first kappa shape index (κ1) is 35.2. The van der Waals surface area contributed by atoms with Crippen LogP contribution in [0.4, 0.5) is 13.2 Å². The molecule has 45 heavy (non-hydrogen) atoms. The van der Waals surface area contributed by atoms with Gasteiger partial charge in [0, 0.05) is 14.7 Å². The molecular formula is C31H33F3O9S2. The molecule has 0 amide bonds. The Morgan fingerprint density at radius 1 is 0.533 bits per heavy atom. The summed E-state index contributed by atoms with van der Waals surface area (Å²) in [4.78, 5) is 0.434. The molecule has 0 saturated heterocycles. The van der Waals surface area contributed by atoms with Crippen LogP contribution < -0.4 is 14.2 Å². The van der Waals surface area contributed by atoms with Crippen LogP contribution >= 0.6 is 10.3 Å². The normalized spacial score (nSPS) is 12.0. The van der Waals surface area contributed by atoms with E-state index in [2.05, 4.69) is 19.7 Å². The van der Waals surface area contributed by atoms with E-state index in [0.717, 1.165) is 0 Å². The quantitative estimate of drug-likeness (QED) is 0.0694. The molecule has 0 aromatic heterocycles. The SMILES string of the molecule is C=COCCOc1ccc(S(OS(=O)(=O)C(F)(F)F)(c2ccc(OCCOC=C)cc2)c2ccc(OCCOC=C)cc2)cc1. The number of alkyl halides is 3. The van der Waals surface area contributed by atoms with Crippen molar-refractivity contribution in [2.45, 2.75) is 20.2 Å². The van der Waals surface area contributed by atoms with Crippen molar-refractivity contribution in [3.05, 3.63) is 111 Å². The smallest absolute Gasteiger partial charge is 0.498 e. The molecule has 0 atom stereocenters. The lowest BCUT2D eigenvalue weighted by Crippen LogP contribution is -2.27. The van der Waals surface area contributed by atoms with Gasteiger partial charge >= 0.3 is 15.6 Å². The van der Waals surface area contributed by atoms with Crippen LogP contribution in [0.2, 0.25) is 0 Å². The predicted molar refractivity (Wildman–Crippen MR) is 163 cm³/mol. The number of hydrogen-bond donors (Lipinski definition) is 0. The molecule has 0 radical (unpaired) electrons. The average molecular weight is 671 g/mol. The highest BCUT2D eigenvalue weighted by Gasteiger charge is 2.52. The first-order valence-corrected chi connectivity index (χ1v) is 16.3. The Morgan fingerprint density at radius 3 is 1.07 bits per heavy atom. The van der Waals surface area contributed by atoms with E-state index < -0.39 is 25.9 Å². The maximum Gasteiger partial charge on any atom is 0.524 e. The largest absolute Gasteiger partial charge is 0.524 e. The Labute approximate surface area is 262 Å². The fraction of sp³-hybridized carbons (Fsp3) is 0.226. The molecule has 3 aromatic rings. The van der Waals surface area contributed by atoms with Crippen molar-refractivity contribution < 1.29 is 53.6 Å². The molecule has 0 fully saturated rings. The van der Waals surface area contributed by atoms with E-state index in [0.29, 0.717) is 17.2 Å². The van der Waals surface area contributed by atoms with Crippen molar-refractivity contribution in [3.63, 3.8) is 0 Å². The van der Waals surface area contributed by atoms with Gasteiger partial charge < -0.3 is 28.4 Å². The van der Waals surface area contributed by atoms with Crippen molar-refractivity contribution in [2.75, 3.05) is 39.6 Å². The van der Waals surface area contributed by atoms with Gasteiger partial charge in [0.15, 0.2) is 0 Å². The van der Waals surface area contributed by atoms with Gasteiger partial charge in [-0.25, -0.2) is 0 Å². The van der Waals surface area contributed by atoms with Gasteiger partial charge in [0.1, 0.15) is 56.9 Å². The maximum absolute atomic E-state index is 13.9. The maximum atomic E-state index is 13.9. The second-order valence-electron chi connectivity index (χ2n) is 8.60. The molecule has 0 bridgehead atoms. The number of benzene rings is 3. The molecule has 3 rings (SSSR count). The van der Waals surface area contributed by atoms with E-state index in [4.69, 9.17) is 32.1 Å². The Morgan fingerprint density at radius 2 is 0.822 bits per heavy atom. The number of ether oxygens (including phenoxy) is 6. The lowest BCUT2D eigenvalue weighted by atomic mass is 10.3. The summed E-state index contributed by atoms with van der Waals surface area (Å²) < 4.78 is 104. The monoisotopic (exact) mass is 670 g/mol. The Bertz CT molecular complexity index is 1330. The van der Waals surface area contributed by atoms with Crippen LogP contribution in [0.15, 0.2) is 126 Å². The highest BCUT2D eigenvalue weighted by Crippen LogP contribution is 2.71. The third-order valence-corrected chi connectivity index (χ3v) is 10.6. The molecule has 0 heterocycles. The second kappa shape index (κ2) is 16.7. The molecule has 0 aliphatic heterocycles. The highest BCUT2D eigenvalue weighted by molar-refractivity contribution is 8.33. The van der Waals surface area contributed by atoms with E-state index >= 15 is 0 Å². The van der Waals surface area contributed by atoms with Crippen molar-refractivity contribution in [1.29, 1.82) is 0 Å². The summed E-state index contributed by atoms with van der Waals surface area (Å²) in [7, 11) is -9.73. The minimum atomic E-state index is -6.13. The zero-order valence-electron chi connectivity index (χ0n) is 24.1. The molecule has 14 heteroatoms. The molecule has 0 aliphatic rings. The van der Waals surface area contributed by atoms with E-state index in [1.54, 1.807) is 0 Å². The van der Waals surface area contributed by atoms with Crippen molar-refractivity contribution in [2.24, 2.45) is 0 Å². The summed E-state index contributed by atoms with van der Waals surface area (Å²) in [5.74, 6) is 1.11. The van der Waals surface area contributed by atoms with Crippen LogP contribution in [0.25, 0.3) is 0 Å². The minimum absolute atomic E-state index is 0.145. The molecule has 0 aliphatic carbocycles. The number of hydrogen-bond acceptors (Lipinski definition) is 9. The lowest BCUT2D eigenvalue weighted by molar-refractivity contribution is -0.0496. The second-order valence-corrected chi connectivity index (χ2v) is 13.0. The van der Waals surface area contributed by atoms with E-state index in [-0.39, 0.29) is 54.3 Å². The zero-order valence-corrected chi connectivity index (χ0v) is 25.8. The standard InChI is InChI=1S/C31H33F3O9S2/c1-4-37-19-22-40-25-7-13-28(14-8-25)44(43-45(35,36)31(32,33)34,29-15-9-26(10-16-29)41-23-20-38-5-2)30-17-11-27(12-18-30)42-24-21-39-6-3/h4-18H,1-3,19-24H2. The Balaban J connectivity index is 2.14. The fourth-order valence-electron chi connectivity index (χ4n) is 3.75. The molecule has 0 N–H and O–H groups in total. The summed E-state index contributed by atoms with van der Waals surface area (Å²) in [6.07, 6.45) is 3.79. The summed E-state index contributed by atoms with van der Waals surface area (Å²) in [5, 5.41) is 0. The van der Waals surface area contributed by atoms with Gasteiger partial charge in [0.2, 0.25) is 0 Å². The Hall–Kier alpha value is -4.27. The molecule has 0 saturated carbocycles. The molecule has 244 valence electrons. The summed E-state index contributed by atoms with van der Waals surface area (Å²) in [6.45, 7) is 11.5. The van der Waals surface area contributed by atoms with Gasteiger partial charge in [-0.05, 0) is 83.1 Å². The van der Waals surface area contributed by atoms with Crippen LogP contribution in [0.1, 0.15) is 0 Å². The minimum Gasteiger partial charge on any atom is -0.498 e. The van der Waals surface area contributed by atoms with Crippen LogP contribution in [-0.2, 0) is 28.0 Å². The molecular weight excluding hydrogens is 637 g/mol.